The SMILES string of the molecule is C=CC(=O)CCN1CC1. The maximum Gasteiger partial charge on any atom is 0.156 e. The lowest BCUT2D eigenvalue weighted by Gasteiger charge is -1.94. The van der Waals surface area contributed by atoms with Crippen LogP contribution < -0.4 is 0 Å². The number of rotatable bonds is 4. The van der Waals surface area contributed by atoms with Gasteiger partial charge in [0.1, 0.15) is 0 Å². The second-order valence-corrected chi connectivity index (χ2v) is 2.26. The van der Waals surface area contributed by atoms with Gasteiger partial charge in [0.25, 0.3) is 0 Å². The minimum Gasteiger partial charge on any atom is -0.300 e. The fourth-order valence-electron chi connectivity index (χ4n) is 0.665. The molecule has 0 aromatic carbocycles. The number of carbonyl (C=O) groups excluding carboxylic acids is 1. The highest BCUT2D eigenvalue weighted by atomic mass is 16.1. The Morgan fingerprint density at radius 3 is 2.78 bits per heavy atom. The van der Waals surface area contributed by atoms with Crippen molar-refractivity contribution in [3.8, 4) is 0 Å². The van der Waals surface area contributed by atoms with E-state index in [0.717, 1.165) is 6.54 Å². The maximum absolute atomic E-state index is 10.6. The molecule has 50 valence electrons. The molecule has 0 bridgehead atoms. The lowest BCUT2D eigenvalue weighted by atomic mass is 10.3. The molecule has 0 amide bonds. The zero-order valence-electron chi connectivity index (χ0n) is 5.47. The van der Waals surface area contributed by atoms with E-state index in [1.165, 1.54) is 19.2 Å². The van der Waals surface area contributed by atoms with Crippen LogP contribution in [0.5, 0.6) is 0 Å². The number of nitrogens with zero attached hydrogens (tertiary/aromatic N) is 1. The minimum atomic E-state index is 0.155. The lowest BCUT2D eigenvalue weighted by molar-refractivity contribution is -0.114. The Labute approximate surface area is 55.2 Å². The van der Waals surface area contributed by atoms with Gasteiger partial charge in [0, 0.05) is 26.1 Å². The van der Waals surface area contributed by atoms with Crippen molar-refractivity contribution in [2.75, 3.05) is 19.6 Å². The predicted molar refractivity (Wildman–Crippen MR) is 36.3 cm³/mol. The van der Waals surface area contributed by atoms with Gasteiger partial charge in [0.15, 0.2) is 5.78 Å². The van der Waals surface area contributed by atoms with Crippen LogP contribution in [0.3, 0.4) is 0 Å². The molecule has 0 spiro atoms. The van der Waals surface area contributed by atoms with Gasteiger partial charge in [-0.1, -0.05) is 6.58 Å². The molecule has 1 aliphatic heterocycles. The lowest BCUT2D eigenvalue weighted by Crippen LogP contribution is -2.04. The summed E-state index contributed by atoms with van der Waals surface area (Å²) in [6.07, 6.45) is 2.03. The first-order valence-electron chi connectivity index (χ1n) is 3.20. The van der Waals surface area contributed by atoms with E-state index in [1.54, 1.807) is 0 Å². The molecule has 1 saturated heterocycles. The van der Waals surface area contributed by atoms with Crippen molar-refractivity contribution in [1.29, 1.82) is 0 Å². The molecule has 2 nitrogen and oxygen atoms in total. The quantitative estimate of drug-likeness (QED) is 0.401. The van der Waals surface area contributed by atoms with Crippen molar-refractivity contribution in [2.24, 2.45) is 0 Å². The van der Waals surface area contributed by atoms with Crippen molar-refractivity contribution in [3.63, 3.8) is 0 Å². The molecule has 1 fully saturated rings. The van der Waals surface area contributed by atoms with Crippen LogP contribution in [-0.2, 0) is 4.79 Å². The standard InChI is InChI=1S/C7H11NO/c1-2-7(9)3-4-8-5-6-8/h2H,1,3-6H2. The molecule has 0 radical (unpaired) electrons. The van der Waals surface area contributed by atoms with Gasteiger partial charge in [0.05, 0.1) is 0 Å². The summed E-state index contributed by atoms with van der Waals surface area (Å²) in [5, 5.41) is 0. The summed E-state index contributed by atoms with van der Waals surface area (Å²) < 4.78 is 0. The van der Waals surface area contributed by atoms with Gasteiger partial charge < -0.3 is 4.90 Å². The normalized spacial score (nSPS) is 17.3. The van der Waals surface area contributed by atoms with Crippen molar-refractivity contribution in [3.05, 3.63) is 12.7 Å². The third-order valence-corrected chi connectivity index (χ3v) is 1.44. The van der Waals surface area contributed by atoms with Crippen LogP contribution in [-0.4, -0.2) is 30.3 Å². The summed E-state index contributed by atoms with van der Waals surface area (Å²) >= 11 is 0. The summed E-state index contributed by atoms with van der Waals surface area (Å²) in [5.41, 5.74) is 0. The second-order valence-electron chi connectivity index (χ2n) is 2.26. The topological polar surface area (TPSA) is 20.1 Å². The monoisotopic (exact) mass is 125 g/mol. The van der Waals surface area contributed by atoms with Crippen molar-refractivity contribution >= 4 is 5.78 Å². The van der Waals surface area contributed by atoms with E-state index >= 15 is 0 Å². The number of hydrogen-bond donors (Lipinski definition) is 0. The highest BCUT2D eigenvalue weighted by Crippen LogP contribution is 2.03. The number of allylic oxidation sites excluding steroid dienone is 1. The average molecular weight is 125 g/mol. The summed E-state index contributed by atoms with van der Waals surface area (Å²) in [6.45, 7) is 6.65. The molecule has 0 aliphatic carbocycles. The highest BCUT2D eigenvalue weighted by molar-refractivity contribution is 5.89. The molecule has 1 rings (SSSR count). The van der Waals surface area contributed by atoms with Crippen LogP contribution in [0.15, 0.2) is 12.7 Å². The first-order chi connectivity index (χ1) is 4.33. The zero-order chi connectivity index (χ0) is 6.69. The van der Waals surface area contributed by atoms with Gasteiger partial charge in [-0.2, -0.15) is 0 Å². The van der Waals surface area contributed by atoms with E-state index in [-0.39, 0.29) is 5.78 Å². The molecular weight excluding hydrogens is 114 g/mol. The second kappa shape index (κ2) is 2.78. The smallest absolute Gasteiger partial charge is 0.156 e. The van der Waals surface area contributed by atoms with E-state index in [9.17, 15) is 4.79 Å². The number of carbonyl (C=O) groups is 1. The van der Waals surface area contributed by atoms with Gasteiger partial charge in [-0.25, -0.2) is 0 Å². The third-order valence-electron chi connectivity index (χ3n) is 1.44. The zero-order valence-corrected chi connectivity index (χ0v) is 5.47. The first-order valence-corrected chi connectivity index (χ1v) is 3.20. The molecule has 1 heterocycles. The van der Waals surface area contributed by atoms with Crippen molar-refractivity contribution < 1.29 is 4.79 Å². The van der Waals surface area contributed by atoms with Crippen LogP contribution >= 0.6 is 0 Å². The van der Waals surface area contributed by atoms with Crippen LogP contribution in [0, 0.1) is 0 Å². The fraction of sp³-hybridized carbons (Fsp3) is 0.571. The number of hydrogen-bond acceptors (Lipinski definition) is 2. The van der Waals surface area contributed by atoms with Gasteiger partial charge >= 0.3 is 0 Å². The Bertz CT molecular complexity index is 127. The summed E-state index contributed by atoms with van der Waals surface area (Å²) in [7, 11) is 0. The summed E-state index contributed by atoms with van der Waals surface area (Å²) in [6, 6.07) is 0. The molecule has 0 aromatic heterocycles. The highest BCUT2D eigenvalue weighted by Gasteiger charge is 2.16. The largest absolute Gasteiger partial charge is 0.300 e. The number of ketones is 1. The molecule has 9 heavy (non-hydrogen) atoms. The van der Waals surface area contributed by atoms with Gasteiger partial charge in [-0.05, 0) is 6.08 Å². The van der Waals surface area contributed by atoms with E-state index in [2.05, 4.69) is 11.5 Å². The molecule has 0 N–H and O–H groups in total. The molecule has 0 atom stereocenters. The predicted octanol–water partition coefficient (Wildman–Crippen LogP) is 0.447. The fourth-order valence-corrected chi connectivity index (χ4v) is 0.665. The van der Waals surface area contributed by atoms with E-state index < -0.39 is 0 Å². The summed E-state index contributed by atoms with van der Waals surface area (Å²) in [4.78, 5) is 12.8. The van der Waals surface area contributed by atoms with Crippen LogP contribution in [0.25, 0.3) is 0 Å². The molecule has 0 unspecified atom stereocenters. The summed E-state index contributed by atoms with van der Waals surface area (Å²) in [5.74, 6) is 0.155. The van der Waals surface area contributed by atoms with E-state index in [1.807, 2.05) is 0 Å². The minimum absolute atomic E-state index is 0.155. The molecule has 1 aliphatic rings. The molecule has 2 heteroatoms. The maximum atomic E-state index is 10.6. The third kappa shape index (κ3) is 2.42. The Balaban J connectivity index is 2.02. The van der Waals surface area contributed by atoms with Gasteiger partial charge in [-0.3, -0.25) is 4.79 Å². The van der Waals surface area contributed by atoms with Crippen LogP contribution in [0.2, 0.25) is 0 Å². The van der Waals surface area contributed by atoms with E-state index in [4.69, 9.17) is 0 Å². The van der Waals surface area contributed by atoms with Crippen LogP contribution in [0.4, 0.5) is 0 Å². The molecular formula is C7H11NO. The first kappa shape index (κ1) is 6.49. The van der Waals surface area contributed by atoms with Gasteiger partial charge in [-0.15, -0.1) is 0 Å². The average Bonchev–Trinajstić information content (AvgIpc) is 2.65. The van der Waals surface area contributed by atoms with Crippen molar-refractivity contribution in [2.45, 2.75) is 6.42 Å². The Morgan fingerprint density at radius 1 is 1.67 bits per heavy atom. The van der Waals surface area contributed by atoms with Gasteiger partial charge in [0.2, 0.25) is 0 Å². The van der Waals surface area contributed by atoms with Crippen molar-refractivity contribution in [1.82, 2.24) is 4.90 Å². The molecule has 0 aromatic rings. The Kier molecular flexibility index (Phi) is 2.01. The Morgan fingerprint density at radius 2 is 2.33 bits per heavy atom. The van der Waals surface area contributed by atoms with Crippen LogP contribution in [0.1, 0.15) is 6.42 Å². The van der Waals surface area contributed by atoms with E-state index in [0.29, 0.717) is 6.42 Å². The Hall–Kier alpha value is -0.630. The molecule has 0 saturated carbocycles.